The molecule has 0 amide bonds. The Bertz CT molecular complexity index is 351. The summed E-state index contributed by atoms with van der Waals surface area (Å²) in [5.74, 6) is 0.521. The average molecular weight is 247 g/mol. The molecule has 1 saturated heterocycles. The first-order chi connectivity index (χ1) is 8.69. The third-order valence-electron chi connectivity index (χ3n) is 3.76. The SMILES string of the molecule is CCN1CCN(Cc2ccc(C(C)C)nc2)CC1. The van der Waals surface area contributed by atoms with Crippen molar-refractivity contribution in [1.82, 2.24) is 14.8 Å². The van der Waals surface area contributed by atoms with Gasteiger partial charge in [0.1, 0.15) is 0 Å². The van der Waals surface area contributed by atoms with Crippen molar-refractivity contribution in [3.05, 3.63) is 29.6 Å². The fraction of sp³-hybridized carbons (Fsp3) is 0.667. The summed E-state index contributed by atoms with van der Waals surface area (Å²) in [6.07, 6.45) is 2.04. The third kappa shape index (κ3) is 3.53. The van der Waals surface area contributed by atoms with Gasteiger partial charge < -0.3 is 4.90 Å². The predicted molar refractivity (Wildman–Crippen MR) is 75.7 cm³/mol. The summed E-state index contributed by atoms with van der Waals surface area (Å²) >= 11 is 0. The number of piperazine rings is 1. The molecule has 1 aliphatic heterocycles. The number of hydrogen-bond acceptors (Lipinski definition) is 3. The van der Waals surface area contributed by atoms with Gasteiger partial charge in [0.05, 0.1) is 0 Å². The monoisotopic (exact) mass is 247 g/mol. The molecule has 0 bridgehead atoms. The minimum Gasteiger partial charge on any atom is -0.301 e. The highest BCUT2D eigenvalue weighted by molar-refractivity contribution is 5.16. The van der Waals surface area contributed by atoms with Crippen molar-refractivity contribution < 1.29 is 0 Å². The van der Waals surface area contributed by atoms with Crippen molar-refractivity contribution in [2.24, 2.45) is 0 Å². The quantitative estimate of drug-likeness (QED) is 0.814. The fourth-order valence-electron chi connectivity index (χ4n) is 2.39. The summed E-state index contributed by atoms with van der Waals surface area (Å²) in [6, 6.07) is 4.40. The van der Waals surface area contributed by atoms with E-state index in [2.05, 4.69) is 47.7 Å². The lowest BCUT2D eigenvalue weighted by Gasteiger charge is -2.33. The van der Waals surface area contributed by atoms with Gasteiger partial charge in [0.15, 0.2) is 0 Å². The Balaban J connectivity index is 1.86. The molecule has 1 aliphatic rings. The van der Waals surface area contributed by atoms with Crippen LogP contribution in [0.1, 0.15) is 37.9 Å². The summed E-state index contributed by atoms with van der Waals surface area (Å²) in [7, 11) is 0. The van der Waals surface area contributed by atoms with Crippen LogP contribution in [0.2, 0.25) is 0 Å². The topological polar surface area (TPSA) is 19.4 Å². The highest BCUT2D eigenvalue weighted by Crippen LogP contribution is 2.13. The van der Waals surface area contributed by atoms with Crippen LogP contribution in [0.5, 0.6) is 0 Å². The minimum atomic E-state index is 0.521. The second-order valence-electron chi connectivity index (χ2n) is 5.46. The highest BCUT2D eigenvalue weighted by Gasteiger charge is 2.15. The summed E-state index contributed by atoms with van der Waals surface area (Å²) in [5, 5.41) is 0. The molecule has 0 unspecified atom stereocenters. The number of hydrogen-bond donors (Lipinski definition) is 0. The fourth-order valence-corrected chi connectivity index (χ4v) is 2.39. The van der Waals surface area contributed by atoms with Gasteiger partial charge in [0.25, 0.3) is 0 Å². The second-order valence-corrected chi connectivity index (χ2v) is 5.46. The molecule has 0 atom stereocenters. The molecule has 0 aliphatic carbocycles. The number of rotatable bonds is 4. The Kier molecular flexibility index (Phi) is 4.72. The summed E-state index contributed by atoms with van der Waals surface area (Å²) in [5.41, 5.74) is 2.53. The van der Waals surface area contributed by atoms with E-state index < -0.39 is 0 Å². The van der Waals surface area contributed by atoms with Crippen LogP contribution < -0.4 is 0 Å². The zero-order valence-electron chi connectivity index (χ0n) is 11.9. The summed E-state index contributed by atoms with van der Waals surface area (Å²) in [6.45, 7) is 13.6. The average Bonchev–Trinajstić information content (AvgIpc) is 2.40. The van der Waals surface area contributed by atoms with Crippen LogP contribution in [0.3, 0.4) is 0 Å². The van der Waals surface area contributed by atoms with E-state index in [0.29, 0.717) is 5.92 Å². The van der Waals surface area contributed by atoms with Crippen molar-refractivity contribution in [2.45, 2.75) is 33.2 Å². The van der Waals surface area contributed by atoms with E-state index in [1.807, 2.05) is 6.20 Å². The van der Waals surface area contributed by atoms with Crippen LogP contribution in [0.4, 0.5) is 0 Å². The first kappa shape index (κ1) is 13.5. The van der Waals surface area contributed by atoms with Gasteiger partial charge in [-0.3, -0.25) is 9.88 Å². The van der Waals surface area contributed by atoms with Crippen molar-refractivity contribution >= 4 is 0 Å². The van der Waals surface area contributed by atoms with Crippen molar-refractivity contribution in [2.75, 3.05) is 32.7 Å². The normalized spacial score (nSPS) is 18.4. The van der Waals surface area contributed by atoms with Crippen LogP contribution >= 0.6 is 0 Å². The molecule has 3 nitrogen and oxygen atoms in total. The molecule has 1 aromatic rings. The van der Waals surface area contributed by atoms with Crippen molar-refractivity contribution in [3.63, 3.8) is 0 Å². The standard InChI is InChI=1S/C15H25N3/c1-4-17-7-9-18(10-8-17)12-14-5-6-15(13(2)3)16-11-14/h5-6,11,13H,4,7-10,12H2,1-3H3. The molecule has 3 heteroatoms. The lowest BCUT2D eigenvalue weighted by atomic mass is 10.1. The molecule has 2 heterocycles. The van der Waals surface area contributed by atoms with Gasteiger partial charge in [0.2, 0.25) is 0 Å². The number of aromatic nitrogens is 1. The second kappa shape index (κ2) is 6.30. The molecule has 1 fully saturated rings. The van der Waals surface area contributed by atoms with Crippen LogP contribution in [-0.2, 0) is 6.54 Å². The van der Waals surface area contributed by atoms with Crippen LogP contribution in [-0.4, -0.2) is 47.5 Å². The molecule has 0 radical (unpaired) electrons. The van der Waals surface area contributed by atoms with Gasteiger partial charge in [-0.2, -0.15) is 0 Å². The van der Waals surface area contributed by atoms with Crippen LogP contribution in [0.25, 0.3) is 0 Å². The van der Waals surface area contributed by atoms with E-state index in [-0.39, 0.29) is 0 Å². The first-order valence-corrected chi connectivity index (χ1v) is 7.08. The van der Waals surface area contributed by atoms with Crippen LogP contribution in [0, 0.1) is 0 Å². The molecule has 0 saturated carbocycles. The van der Waals surface area contributed by atoms with Crippen LogP contribution in [0.15, 0.2) is 18.3 Å². The Morgan fingerprint density at radius 3 is 2.28 bits per heavy atom. The van der Waals surface area contributed by atoms with Crippen molar-refractivity contribution in [1.29, 1.82) is 0 Å². The zero-order chi connectivity index (χ0) is 13.0. The molecule has 0 spiro atoms. The Morgan fingerprint density at radius 2 is 1.78 bits per heavy atom. The summed E-state index contributed by atoms with van der Waals surface area (Å²) in [4.78, 5) is 9.57. The molecular weight excluding hydrogens is 222 g/mol. The highest BCUT2D eigenvalue weighted by atomic mass is 15.3. The predicted octanol–water partition coefficient (Wildman–Crippen LogP) is 2.34. The van der Waals surface area contributed by atoms with Crippen molar-refractivity contribution in [3.8, 4) is 0 Å². The van der Waals surface area contributed by atoms with E-state index in [1.165, 1.54) is 44.0 Å². The maximum absolute atomic E-state index is 4.54. The molecular formula is C15H25N3. The van der Waals surface area contributed by atoms with Gasteiger partial charge in [-0.05, 0) is 24.1 Å². The van der Waals surface area contributed by atoms with Gasteiger partial charge >= 0.3 is 0 Å². The smallest absolute Gasteiger partial charge is 0.0429 e. The number of pyridine rings is 1. The Labute approximate surface area is 111 Å². The van der Waals surface area contributed by atoms with E-state index in [0.717, 1.165) is 6.54 Å². The third-order valence-corrected chi connectivity index (χ3v) is 3.76. The first-order valence-electron chi connectivity index (χ1n) is 7.08. The minimum absolute atomic E-state index is 0.521. The maximum atomic E-state index is 4.54. The zero-order valence-corrected chi connectivity index (χ0v) is 11.9. The van der Waals surface area contributed by atoms with E-state index in [9.17, 15) is 0 Å². The van der Waals surface area contributed by atoms with Gasteiger partial charge in [-0.1, -0.05) is 26.8 Å². The lowest BCUT2D eigenvalue weighted by molar-refractivity contribution is 0.132. The maximum Gasteiger partial charge on any atom is 0.0429 e. The Hall–Kier alpha value is -0.930. The lowest BCUT2D eigenvalue weighted by Crippen LogP contribution is -2.45. The van der Waals surface area contributed by atoms with Gasteiger partial charge in [-0.25, -0.2) is 0 Å². The van der Waals surface area contributed by atoms with E-state index in [4.69, 9.17) is 0 Å². The molecule has 0 N–H and O–H groups in total. The molecule has 0 aromatic carbocycles. The number of nitrogens with zero attached hydrogens (tertiary/aromatic N) is 3. The molecule has 2 rings (SSSR count). The molecule has 18 heavy (non-hydrogen) atoms. The molecule has 1 aromatic heterocycles. The van der Waals surface area contributed by atoms with Gasteiger partial charge in [-0.15, -0.1) is 0 Å². The largest absolute Gasteiger partial charge is 0.301 e. The summed E-state index contributed by atoms with van der Waals surface area (Å²) < 4.78 is 0. The van der Waals surface area contributed by atoms with Gasteiger partial charge in [0, 0.05) is 44.6 Å². The Morgan fingerprint density at radius 1 is 1.11 bits per heavy atom. The number of likely N-dealkylation sites (N-methyl/N-ethyl adjacent to an activating group) is 1. The van der Waals surface area contributed by atoms with E-state index >= 15 is 0 Å². The van der Waals surface area contributed by atoms with E-state index in [1.54, 1.807) is 0 Å². The molecule has 100 valence electrons.